The number of rotatable bonds is 4. The van der Waals surface area contributed by atoms with Crippen LogP contribution in [-0.2, 0) is 9.84 Å². The van der Waals surface area contributed by atoms with Gasteiger partial charge in [0.15, 0.2) is 9.84 Å². The fraction of sp³-hybridized carbons (Fsp3) is 0.0769. The first-order valence-corrected chi connectivity index (χ1v) is 7.84. The van der Waals surface area contributed by atoms with Crippen molar-refractivity contribution in [3.63, 3.8) is 0 Å². The molecule has 0 radical (unpaired) electrons. The first kappa shape index (κ1) is 14.9. The van der Waals surface area contributed by atoms with Crippen LogP contribution in [-0.4, -0.2) is 25.6 Å². The Morgan fingerprint density at radius 3 is 2.38 bits per heavy atom. The molecule has 0 saturated heterocycles. The molecule has 0 bridgehead atoms. The summed E-state index contributed by atoms with van der Waals surface area (Å²) in [4.78, 5) is 16.2. The lowest BCUT2D eigenvalue weighted by molar-refractivity contribution is 0.102. The quantitative estimate of drug-likeness (QED) is 0.574. The van der Waals surface area contributed by atoms with Gasteiger partial charge >= 0.3 is 0 Å². The number of sulfone groups is 1. The molecule has 1 amide bonds. The molecule has 0 aliphatic rings. The number of nitrogens with two attached hydrogens (primary N) is 1. The molecule has 4 N–H and O–H groups in total. The van der Waals surface area contributed by atoms with Gasteiger partial charge in [0.05, 0.1) is 4.90 Å². The van der Waals surface area contributed by atoms with Crippen LogP contribution < -0.4 is 16.6 Å². The van der Waals surface area contributed by atoms with Crippen LogP contribution in [0.25, 0.3) is 0 Å². The maximum absolute atomic E-state index is 12.0. The van der Waals surface area contributed by atoms with Crippen molar-refractivity contribution in [3.05, 3.63) is 48.2 Å². The highest BCUT2D eigenvalue weighted by Gasteiger charge is 2.10. The molecule has 0 atom stereocenters. The van der Waals surface area contributed by atoms with Crippen LogP contribution in [0.4, 0.5) is 11.5 Å². The number of benzene rings is 1. The molecule has 8 heteroatoms. The Morgan fingerprint density at radius 1 is 1.14 bits per heavy atom. The second-order valence-corrected chi connectivity index (χ2v) is 6.32. The Bertz CT molecular complexity index is 757. The van der Waals surface area contributed by atoms with Gasteiger partial charge in [-0.15, -0.1) is 0 Å². The van der Waals surface area contributed by atoms with Crippen LogP contribution >= 0.6 is 0 Å². The van der Waals surface area contributed by atoms with Crippen LogP contribution in [0.5, 0.6) is 0 Å². The predicted octanol–water partition coefficient (Wildman–Crippen LogP) is 1.02. The Balaban J connectivity index is 2.16. The number of anilines is 2. The number of pyridine rings is 1. The maximum atomic E-state index is 12.0. The summed E-state index contributed by atoms with van der Waals surface area (Å²) in [5.41, 5.74) is 3.02. The molecule has 0 aliphatic carbocycles. The topological polar surface area (TPSA) is 114 Å². The van der Waals surface area contributed by atoms with E-state index in [0.29, 0.717) is 11.5 Å². The van der Waals surface area contributed by atoms with E-state index in [1.165, 1.54) is 24.3 Å². The van der Waals surface area contributed by atoms with Crippen molar-refractivity contribution < 1.29 is 13.2 Å². The molecule has 1 aromatic carbocycles. The molecular formula is C13H14N4O3S. The Labute approximate surface area is 122 Å². The van der Waals surface area contributed by atoms with E-state index in [1.807, 2.05) is 0 Å². The lowest BCUT2D eigenvalue weighted by Crippen LogP contribution is -2.16. The zero-order valence-electron chi connectivity index (χ0n) is 11.2. The molecule has 1 heterocycles. The van der Waals surface area contributed by atoms with Gasteiger partial charge in [-0.05, 0) is 36.4 Å². The van der Waals surface area contributed by atoms with Gasteiger partial charge in [-0.25, -0.2) is 19.2 Å². The van der Waals surface area contributed by atoms with Crippen molar-refractivity contribution in [3.8, 4) is 0 Å². The van der Waals surface area contributed by atoms with E-state index in [1.54, 1.807) is 18.2 Å². The van der Waals surface area contributed by atoms with Crippen molar-refractivity contribution in [2.45, 2.75) is 4.90 Å². The highest BCUT2D eigenvalue weighted by molar-refractivity contribution is 7.90. The zero-order chi connectivity index (χ0) is 15.5. The summed E-state index contributed by atoms with van der Waals surface area (Å²) in [6.45, 7) is 0. The molecule has 0 saturated carbocycles. The van der Waals surface area contributed by atoms with Crippen LogP contribution in [0.2, 0.25) is 0 Å². The summed E-state index contributed by atoms with van der Waals surface area (Å²) < 4.78 is 22.7. The largest absolute Gasteiger partial charge is 0.321 e. The third-order valence-corrected chi connectivity index (χ3v) is 3.80. The molecular weight excluding hydrogens is 292 g/mol. The Morgan fingerprint density at radius 2 is 1.81 bits per heavy atom. The Kier molecular flexibility index (Phi) is 4.20. The van der Waals surface area contributed by atoms with Crippen LogP contribution in [0.1, 0.15) is 10.5 Å². The van der Waals surface area contributed by atoms with Crippen LogP contribution in [0.3, 0.4) is 0 Å². The highest BCUT2D eigenvalue weighted by Crippen LogP contribution is 2.15. The van der Waals surface area contributed by atoms with E-state index in [4.69, 9.17) is 5.84 Å². The summed E-state index contributed by atoms with van der Waals surface area (Å²) in [7, 11) is -3.26. The molecule has 1 aromatic heterocycles. The van der Waals surface area contributed by atoms with Gasteiger partial charge in [-0.1, -0.05) is 6.07 Å². The van der Waals surface area contributed by atoms with E-state index in [-0.39, 0.29) is 10.6 Å². The van der Waals surface area contributed by atoms with Gasteiger partial charge < -0.3 is 10.7 Å². The van der Waals surface area contributed by atoms with Gasteiger partial charge in [-0.2, -0.15) is 0 Å². The molecule has 7 nitrogen and oxygen atoms in total. The molecule has 110 valence electrons. The number of carbonyl (C=O) groups excluding carboxylic acids is 1. The van der Waals surface area contributed by atoms with Crippen molar-refractivity contribution in [2.75, 3.05) is 17.0 Å². The standard InChI is InChI=1S/C13H14N4O3S/c1-21(19,20)10-7-5-9(6-8-10)15-13(18)11-3-2-4-12(16-11)17-14/h2-8H,14H2,1H3,(H,15,18)(H,16,17). The fourth-order valence-corrected chi connectivity index (χ4v) is 2.25. The second kappa shape index (κ2) is 5.90. The second-order valence-electron chi connectivity index (χ2n) is 4.30. The van der Waals surface area contributed by atoms with Crippen LogP contribution in [0.15, 0.2) is 47.4 Å². The normalized spacial score (nSPS) is 11.0. The smallest absolute Gasteiger partial charge is 0.274 e. The summed E-state index contributed by atoms with van der Waals surface area (Å²) in [6.07, 6.45) is 1.12. The molecule has 0 aliphatic heterocycles. The average Bonchev–Trinajstić information content (AvgIpc) is 2.47. The van der Waals surface area contributed by atoms with E-state index < -0.39 is 15.7 Å². The minimum atomic E-state index is -3.26. The first-order chi connectivity index (χ1) is 9.90. The van der Waals surface area contributed by atoms with Gasteiger partial charge in [0.2, 0.25) is 0 Å². The van der Waals surface area contributed by atoms with Gasteiger partial charge in [0, 0.05) is 11.9 Å². The minimum absolute atomic E-state index is 0.188. The monoisotopic (exact) mass is 306 g/mol. The summed E-state index contributed by atoms with van der Waals surface area (Å²) in [5.74, 6) is 5.18. The number of carbonyl (C=O) groups is 1. The average molecular weight is 306 g/mol. The molecule has 2 aromatic rings. The number of aromatic nitrogens is 1. The summed E-state index contributed by atoms with van der Waals surface area (Å²) >= 11 is 0. The number of nitrogens with zero attached hydrogens (tertiary/aromatic N) is 1. The summed E-state index contributed by atoms with van der Waals surface area (Å²) in [6, 6.07) is 10.7. The number of nitrogens with one attached hydrogen (secondary N) is 2. The van der Waals surface area contributed by atoms with Crippen molar-refractivity contribution in [1.29, 1.82) is 0 Å². The lowest BCUT2D eigenvalue weighted by atomic mass is 10.3. The van der Waals surface area contributed by atoms with Crippen molar-refractivity contribution >= 4 is 27.2 Å². The van der Waals surface area contributed by atoms with Crippen molar-refractivity contribution in [1.82, 2.24) is 4.98 Å². The van der Waals surface area contributed by atoms with Gasteiger partial charge in [0.25, 0.3) is 5.91 Å². The number of nitrogen functional groups attached to an aromatic ring is 1. The minimum Gasteiger partial charge on any atom is -0.321 e. The maximum Gasteiger partial charge on any atom is 0.274 e. The lowest BCUT2D eigenvalue weighted by Gasteiger charge is -2.06. The van der Waals surface area contributed by atoms with E-state index in [9.17, 15) is 13.2 Å². The molecule has 0 spiro atoms. The predicted molar refractivity (Wildman–Crippen MR) is 79.6 cm³/mol. The van der Waals surface area contributed by atoms with E-state index in [2.05, 4.69) is 15.7 Å². The molecule has 0 fully saturated rings. The molecule has 2 rings (SSSR count). The summed E-state index contributed by atoms with van der Waals surface area (Å²) in [5, 5.41) is 2.62. The van der Waals surface area contributed by atoms with Gasteiger partial charge in [-0.3, -0.25) is 4.79 Å². The SMILES string of the molecule is CS(=O)(=O)c1ccc(NC(=O)c2cccc(NN)n2)cc1. The Hall–Kier alpha value is -2.45. The van der Waals surface area contributed by atoms with E-state index in [0.717, 1.165) is 6.26 Å². The highest BCUT2D eigenvalue weighted by atomic mass is 32.2. The number of hydrogen-bond donors (Lipinski definition) is 3. The molecule has 0 unspecified atom stereocenters. The third kappa shape index (κ3) is 3.77. The fourth-order valence-electron chi connectivity index (χ4n) is 1.62. The van der Waals surface area contributed by atoms with E-state index >= 15 is 0 Å². The van der Waals surface area contributed by atoms with Crippen LogP contribution in [0, 0.1) is 0 Å². The van der Waals surface area contributed by atoms with Crippen molar-refractivity contribution in [2.24, 2.45) is 5.84 Å². The first-order valence-electron chi connectivity index (χ1n) is 5.95. The number of hydrazine groups is 1. The third-order valence-electron chi connectivity index (χ3n) is 2.67. The molecule has 21 heavy (non-hydrogen) atoms. The van der Waals surface area contributed by atoms with Gasteiger partial charge in [0.1, 0.15) is 11.5 Å². The number of amides is 1. The number of hydrogen-bond acceptors (Lipinski definition) is 6. The zero-order valence-corrected chi connectivity index (χ0v) is 12.0.